The highest BCUT2D eigenvalue weighted by molar-refractivity contribution is 7.80. The number of nitrogens with zero attached hydrogens (tertiary/aromatic N) is 3. The van der Waals surface area contributed by atoms with E-state index in [1.165, 1.54) is 5.56 Å². The van der Waals surface area contributed by atoms with Gasteiger partial charge in [-0.3, -0.25) is 9.78 Å². The summed E-state index contributed by atoms with van der Waals surface area (Å²) >= 11 is 5.92. The van der Waals surface area contributed by atoms with Crippen molar-refractivity contribution in [2.45, 2.75) is 39.8 Å². The molecule has 2 N–H and O–H groups in total. The quantitative estimate of drug-likeness (QED) is 0.300. The summed E-state index contributed by atoms with van der Waals surface area (Å²) in [5.74, 6) is -0.0921. The average molecular weight is 510 g/mol. The molecule has 1 fully saturated rings. The zero-order valence-electron chi connectivity index (χ0n) is 21.5. The smallest absolute Gasteiger partial charge is 0.226 e. The van der Waals surface area contributed by atoms with Gasteiger partial charge in [-0.15, -0.1) is 0 Å². The molecule has 2 aromatic heterocycles. The van der Waals surface area contributed by atoms with Crippen LogP contribution in [0.4, 0.5) is 11.4 Å². The van der Waals surface area contributed by atoms with Gasteiger partial charge in [-0.05, 0) is 85.7 Å². The van der Waals surface area contributed by atoms with E-state index < -0.39 is 0 Å². The van der Waals surface area contributed by atoms with Crippen LogP contribution in [0.2, 0.25) is 0 Å². The topological polar surface area (TPSA) is 62.2 Å². The van der Waals surface area contributed by atoms with Crippen molar-refractivity contribution in [1.82, 2.24) is 14.9 Å². The Morgan fingerprint density at radius 1 is 1.00 bits per heavy atom. The van der Waals surface area contributed by atoms with Crippen LogP contribution in [0.25, 0.3) is 5.69 Å². The fourth-order valence-electron chi connectivity index (χ4n) is 4.84. The number of benzene rings is 2. The number of anilines is 2. The first kappa shape index (κ1) is 24.7. The number of para-hydroxylation sites is 1. The normalized spacial score (nSPS) is 17.2. The zero-order chi connectivity index (χ0) is 26.1. The standard InChI is InChI=1S/C30H31N5OS/c1-19(2)29(36)32-23-15-14-22(18-21(23)4)35-28(27(33-30(35)37)24-11-7-8-16-31-24)26-13-9-17-34(26)25-12-6-5-10-20(25)3/h5-19,27-28H,1-4H3,(H,32,36)(H,33,37)/t27-,28-/m1/s1. The second kappa shape index (κ2) is 10.2. The third-order valence-electron chi connectivity index (χ3n) is 6.83. The summed E-state index contributed by atoms with van der Waals surface area (Å²) in [6, 6.07) is 24.3. The third kappa shape index (κ3) is 4.74. The van der Waals surface area contributed by atoms with Gasteiger partial charge in [-0.2, -0.15) is 0 Å². The number of thiocarbonyl (C=S) groups is 1. The number of hydrogen-bond donors (Lipinski definition) is 2. The molecule has 1 aliphatic rings. The molecule has 37 heavy (non-hydrogen) atoms. The molecule has 4 aromatic rings. The fraction of sp³-hybridized carbons (Fsp3) is 0.233. The Labute approximate surface area is 223 Å². The summed E-state index contributed by atoms with van der Waals surface area (Å²) in [7, 11) is 0. The van der Waals surface area contributed by atoms with Crippen LogP contribution in [0.5, 0.6) is 0 Å². The number of pyridine rings is 1. The lowest BCUT2D eigenvalue weighted by molar-refractivity contribution is -0.118. The highest BCUT2D eigenvalue weighted by Gasteiger charge is 2.42. The van der Waals surface area contributed by atoms with Gasteiger partial charge < -0.3 is 20.1 Å². The van der Waals surface area contributed by atoms with Gasteiger partial charge in [0, 0.05) is 41.1 Å². The maximum absolute atomic E-state index is 12.3. The van der Waals surface area contributed by atoms with Crippen molar-refractivity contribution in [2.24, 2.45) is 5.92 Å². The molecule has 6 nitrogen and oxygen atoms in total. The van der Waals surface area contributed by atoms with Gasteiger partial charge >= 0.3 is 0 Å². The van der Waals surface area contributed by atoms with Crippen molar-refractivity contribution in [1.29, 1.82) is 0 Å². The lowest BCUT2D eigenvalue weighted by Gasteiger charge is -2.29. The van der Waals surface area contributed by atoms with Crippen LogP contribution in [-0.4, -0.2) is 20.6 Å². The molecule has 0 spiro atoms. The Kier molecular flexibility index (Phi) is 6.80. The van der Waals surface area contributed by atoms with Gasteiger partial charge in [0.25, 0.3) is 0 Å². The van der Waals surface area contributed by atoms with E-state index in [9.17, 15) is 4.79 Å². The summed E-state index contributed by atoms with van der Waals surface area (Å²) < 4.78 is 2.24. The molecule has 7 heteroatoms. The van der Waals surface area contributed by atoms with E-state index >= 15 is 0 Å². The molecule has 0 unspecified atom stereocenters. The molecule has 5 rings (SSSR count). The minimum Gasteiger partial charge on any atom is -0.351 e. The van der Waals surface area contributed by atoms with Crippen molar-refractivity contribution in [2.75, 3.05) is 10.2 Å². The molecule has 1 aliphatic heterocycles. The largest absolute Gasteiger partial charge is 0.351 e. The van der Waals surface area contributed by atoms with Crippen LogP contribution in [-0.2, 0) is 4.79 Å². The number of carbonyl (C=O) groups is 1. The van der Waals surface area contributed by atoms with E-state index in [-0.39, 0.29) is 23.9 Å². The predicted molar refractivity (Wildman–Crippen MR) is 153 cm³/mol. The summed E-state index contributed by atoms with van der Waals surface area (Å²) in [4.78, 5) is 19.1. The number of nitrogens with one attached hydrogen (secondary N) is 2. The molecular formula is C30H31N5OS. The number of aromatic nitrogens is 2. The van der Waals surface area contributed by atoms with E-state index in [1.807, 2.05) is 57.3 Å². The first-order chi connectivity index (χ1) is 17.8. The van der Waals surface area contributed by atoms with Crippen LogP contribution in [0.15, 0.2) is 85.2 Å². The maximum Gasteiger partial charge on any atom is 0.226 e. The van der Waals surface area contributed by atoms with Crippen LogP contribution in [0.3, 0.4) is 0 Å². The summed E-state index contributed by atoms with van der Waals surface area (Å²) in [6.45, 7) is 7.91. The van der Waals surface area contributed by atoms with E-state index in [0.717, 1.165) is 34.0 Å². The number of rotatable bonds is 6. The Morgan fingerprint density at radius 2 is 1.78 bits per heavy atom. The predicted octanol–water partition coefficient (Wildman–Crippen LogP) is 6.26. The lowest BCUT2D eigenvalue weighted by Crippen LogP contribution is -2.30. The van der Waals surface area contributed by atoms with Crippen LogP contribution >= 0.6 is 12.2 Å². The highest BCUT2D eigenvalue weighted by atomic mass is 32.1. The van der Waals surface area contributed by atoms with Crippen molar-refractivity contribution in [3.63, 3.8) is 0 Å². The number of aryl methyl sites for hydroxylation is 2. The van der Waals surface area contributed by atoms with Gasteiger partial charge in [0.1, 0.15) is 6.04 Å². The number of carbonyl (C=O) groups excluding carboxylic acids is 1. The van der Waals surface area contributed by atoms with Crippen molar-refractivity contribution < 1.29 is 4.79 Å². The molecular weight excluding hydrogens is 478 g/mol. The SMILES string of the molecule is Cc1cc(N2C(=S)N[C@H](c3ccccn3)[C@H]2c2cccn2-c2ccccc2C)ccc1NC(=O)C(C)C. The van der Waals surface area contributed by atoms with Crippen molar-refractivity contribution in [3.05, 3.63) is 108 Å². The van der Waals surface area contributed by atoms with Crippen LogP contribution in [0, 0.1) is 19.8 Å². The van der Waals surface area contributed by atoms with Crippen molar-refractivity contribution in [3.8, 4) is 5.69 Å². The van der Waals surface area contributed by atoms with E-state index in [4.69, 9.17) is 12.2 Å². The van der Waals surface area contributed by atoms with Crippen molar-refractivity contribution >= 4 is 34.6 Å². The second-order valence-electron chi connectivity index (χ2n) is 9.73. The Hall–Kier alpha value is -3.97. The van der Waals surface area contributed by atoms with Gasteiger partial charge in [0.05, 0.1) is 11.7 Å². The molecule has 188 valence electrons. The van der Waals surface area contributed by atoms with Gasteiger partial charge in [0.2, 0.25) is 5.91 Å². The summed E-state index contributed by atoms with van der Waals surface area (Å²) in [5, 5.41) is 7.21. The van der Waals surface area contributed by atoms with E-state index in [1.54, 1.807) is 0 Å². The molecule has 3 heterocycles. The molecule has 0 bridgehead atoms. The van der Waals surface area contributed by atoms with Crippen LogP contribution in [0.1, 0.15) is 48.4 Å². The van der Waals surface area contributed by atoms with Gasteiger partial charge in [0.15, 0.2) is 5.11 Å². The first-order valence-electron chi connectivity index (χ1n) is 12.5. The molecule has 0 saturated carbocycles. The minimum absolute atomic E-state index is 0.00152. The molecule has 0 radical (unpaired) electrons. The molecule has 1 amide bonds. The molecule has 0 aliphatic carbocycles. The molecule has 1 saturated heterocycles. The first-order valence-corrected chi connectivity index (χ1v) is 12.9. The fourth-order valence-corrected chi connectivity index (χ4v) is 5.18. The Balaban J connectivity index is 1.61. The maximum atomic E-state index is 12.3. The number of hydrogen-bond acceptors (Lipinski definition) is 3. The lowest BCUT2D eigenvalue weighted by atomic mass is 10.00. The van der Waals surface area contributed by atoms with E-state index in [2.05, 4.69) is 80.7 Å². The summed E-state index contributed by atoms with van der Waals surface area (Å²) in [5.41, 5.74) is 7.09. The summed E-state index contributed by atoms with van der Waals surface area (Å²) in [6.07, 6.45) is 3.92. The highest BCUT2D eigenvalue weighted by Crippen LogP contribution is 2.43. The molecule has 2 aromatic carbocycles. The monoisotopic (exact) mass is 509 g/mol. The van der Waals surface area contributed by atoms with E-state index in [0.29, 0.717) is 5.11 Å². The minimum atomic E-state index is -0.146. The zero-order valence-corrected chi connectivity index (χ0v) is 22.3. The van der Waals surface area contributed by atoms with Gasteiger partial charge in [-0.1, -0.05) is 38.1 Å². The van der Waals surface area contributed by atoms with Crippen LogP contribution < -0.4 is 15.5 Å². The third-order valence-corrected chi connectivity index (χ3v) is 7.14. The average Bonchev–Trinajstić information content (AvgIpc) is 3.50. The Bertz CT molecular complexity index is 1450. The Morgan fingerprint density at radius 3 is 2.49 bits per heavy atom. The second-order valence-corrected chi connectivity index (χ2v) is 10.1. The molecule has 2 atom stereocenters. The number of amides is 1. The van der Waals surface area contributed by atoms with Gasteiger partial charge in [-0.25, -0.2) is 0 Å².